The molecule has 1 aliphatic heterocycles. The molecule has 2 aromatic carbocycles. The van der Waals surface area contributed by atoms with Crippen LogP contribution >= 0.6 is 15.9 Å². The van der Waals surface area contributed by atoms with Crippen molar-refractivity contribution in [3.05, 3.63) is 64.1 Å². The van der Waals surface area contributed by atoms with Gasteiger partial charge in [-0.2, -0.15) is 0 Å². The molecular weight excluding hydrogens is 374 g/mol. The van der Waals surface area contributed by atoms with Gasteiger partial charge in [-0.1, -0.05) is 61.4 Å². The van der Waals surface area contributed by atoms with E-state index in [0.717, 1.165) is 34.7 Å². The Kier molecular flexibility index (Phi) is 7.13. The highest BCUT2D eigenvalue weighted by molar-refractivity contribution is 9.10. The third-order valence-electron chi connectivity index (χ3n) is 4.60. The molecule has 2 nitrogen and oxygen atoms in total. The van der Waals surface area contributed by atoms with Crippen LogP contribution in [-0.2, 0) is 0 Å². The Bertz CT molecular complexity index is 680. The van der Waals surface area contributed by atoms with E-state index in [1.54, 1.807) is 0 Å². The van der Waals surface area contributed by atoms with Gasteiger partial charge in [0.1, 0.15) is 5.75 Å². The van der Waals surface area contributed by atoms with Crippen LogP contribution < -0.4 is 10.1 Å². The van der Waals surface area contributed by atoms with E-state index in [4.69, 9.17) is 4.74 Å². The Morgan fingerprint density at radius 2 is 1.76 bits per heavy atom. The number of halogens is 1. The molecular formula is C22H26BrNO. The molecule has 25 heavy (non-hydrogen) atoms. The number of ether oxygens (including phenoxy) is 1. The lowest BCUT2D eigenvalue weighted by molar-refractivity contribution is 0.287. The van der Waals surface area contributed by atoms with Gasteiger partial charge in [0.2, 0.25) is 0 Å². The van der Waals surface area contributed by atoms with E-state index >= 15 is 0 Å². The number of rotatable bonds is 9. The third-order valence-corrected chi connectivity index (χ3v) is 5.26. The first-order valence-corrected chi connectivity index (χ1v) is 9.97. The van der Waals surface area contributed by atoms with Crippen LogP contribution in [0, 0.1) is 5.92 Å². The largest absolute Gasteiger partial charge is 0.492 e. The van der Waals surface area contributed by atoms with Crippen molar-refractivity contribution in [3.63, 3.8) is 0 Å². The summed E-state index contributed by atoms with van der Waals surface area (Å²) < 4.78 is 7.00. The molecule has 0 radical (unpaired) electrons. The van der Waals surface area contributed by atoms with Gasteiger partial charge in [-0.3, -0.25) is 0 Å². The molecule has 3 heteroatoms. The Hall–Kier alpha value is -1.58. The molecule has 0 saturated carbocycles. The van der Waals surface area contributed by atoms with Gasteiger partial charge in [-0.25, -0.2) is 0 Å². The summed E-state index contributed by atoms with van der Waals surface area (Å²) in [5.74, 6) is 1.85. The van der Waals surface area contributed by atoms with Crippen LogP contribution in [0.2, 0.25) is 0 Å². The molecule has 1 heterocycles. The van der Waals surface area contributed by atoms with Crippen molar-refractivity contribution >= 4 is 28.1 Å². The molecule has 0 aliphatic carbocycles. The molecule has 1 N–H and O–H groups in total. The maximum Gasteiger partial charge on any atom is 0.134 e. The van der Waals surface area contributed by atoms with Crippen LogP contribution in [0.4, 0.5) is 0 Å². The topological polar surface area (TPSA) is 21.3 Å². The summed E-state index contributed by atoms with van der Waals surface area (Å²) >= 11 is 3.59. The number of benzene rings is 2. The van der Waals surface area contributed by atoms with E-state index in [1.807, 2.05) is 6.07 Å². The monoisotopic (exact) mass is 399 g/mol. The van der Waals surface area contributed by atoms with Crippen molar-refractivity contribution in [2.45, 2.75) is 25.7 Å². The molecule has 132 valence electrons. The van der Waals surface area contributed by atoms with Crippen molar-refractivity contribution in [2.75, 3.05) is 19.7 Å². The summed E-state index contributed by atoms with van der Waals surface area (Å²) in [6.07, 6.45) is 9.30. The van der Waals surface area contributed by atoms with Crippen molar-refractivity contribution < 1.29 is 4.74 Å². The molecule has 0 unspecified atom stereocenters. The highest BCUT2D eigenvalue weighted by atomic mass is 79.9. The molecule has 1 aliphatic rings. The Morgan fingerprint density at radius 3 is 2.52 bits per heavy atom. The average Bonchev–Trinajstić information content (AvgIpc) is 2.60. The van der Waals surface area contributed by atoms with Crippen LogP contribution in [0.3, 0.4) is 0 Å². The standard InChI is InChI=1S/C22H26BrNO/c23-21-13-12-19(11-10-18-7-3-1-4-8-18)15-22(21)25-14-6-2-5-9-20-16-24-17-20/h1,3-4,7-8,10-13,15,20,24H,2,5-6,9,14,16-17H2/b11-10+. The first-order chi connectivity index (χ1) is 12.3. The SMILES string of the molecule is Brc1ccc(/C=C/c2ccccc2)cc1OCCCCCC1CNC1. The van der Waals surface area contributed by atoms with Crippen LogP contribution in [-0.4, -0.2) is 19.7 Å². The van der Waals surface area contributed by atoms with Gasteiger partial charge in [0, 0.05) is 0 Å². The van der Waals surface area contributed by atoms with Crippen LogP contribution in [0.5, 0.6) is 5.75 Å². The molecule has 1 saturated heterocycles. The Morgan fingerprint density at radius 1 is 0.960 bits per heavy atom. The molecule has 2 aromatic rings. The lowest BCUT2D eigenvalue weighted by atomic mass is 9.96. The first kappa shape index (κ1) is 18.2. The minimum Gasteiger partial charge on any atom is -0.492 e. The normalized spacial score (nSPS) is 14.6. The average molecular weight is 400 g/mol. The predicted octanol–water partition coefficient (Wildman–Crippen LogP) is 5.78. The van der Waals surface area contributed by atoms with Gasteiger partial charge in [-0.05, 0) is 71.0 Å². The lowest BCUT2D eigenvalue weighted by Crippen LogP contribution is -2.41. The number of nitrogens with one attached hydrogen (secondary N) is 1. The fourth-order valence-corrected chi connectivity index (χ4v) is 3.30. The summed E-state index contributed by atoms with van der Waals surface area (Å²) in [5.41, 5.74) is 2.36. The van der Waals surface area contributed by atoms with Crippen LogP contribution in [0.15, 0.2) is 53.0 Å². The maximum absolute atomic E-state index is 5.98. The molecule has 1 fully saturated rings. The molecule has 3 rings (SSSR count). The van der Waals surface area contributed by atoms with Gasteiger partial charge in [-0.15, -0.1) is 0 Å². The van der Waals surface area contributed by atoms with Gasteiger partial charge in [0.05, 0.1) is 11.1 Å². The van der Waals surface area contributed by atoms with E-state index in [1.165, 1.54) is 37.9 Å². The summed E-state index contributed by atoms with van der Waals surface area (Å²) in [7, 11) is 0. The second-order valence-corrected chi connectivity index (χ2v) is 7.51. The van der Waals surface area contributed by atoms with Crippen LogP contribution in [0.25, 0.3) is 12.2 Å². The van der Waals surface area contributed by atoms with Crippen molar-refractivity contribution in [1.29, 1.82) is 0 Å². The van der Waals surface area contributed by atoms with E-state index < -0.39 is 0 Å². The highest BCUT2D eigenvalue weighted by Gasteiger charge is 2.15. The zero-order valence-corrected chi connectivity index (χ0v) is 16.2. The van der Waals surface area contributed by atoms with E-state index in [2.05, 4.69) is 75.9 Å². The van der Waals surface area contributed by atoms with Crippen LogP contribution in [0.1, 0.15) is 36.8 Å². The number of unbranched alkanes of at least 4 members (excludes halogenated alkanes) is 2. The minimum atomic E-state index is 0.785. The predicted molar refractivity (Wildman–Crippen MR) is 110 cm³/mol. The molecule has 0 amide bonds. The number of hydrogen-bond acceptors (Lipinski definition) is 2. The van der Waals surface area contributed by atoms with Crippen molar-refractivity contribution in [1.82, 2.24) is 5.32 Å². The second-order valence-electron chi connectivity index (χ2n) is 6.66. The Balaban J connectivity index is 1.45. The number of hydrogen-bond donors (Lipinski definition) is 1. The zero-order valence-electron chi connectivity index (χ0n) is 14.6. The second kappa shape index (κ2) is 9.79. The molecule has 0 spiro atoms. The third kappa shape index (κ3) is 6.02. The van der Waals surface area contributed by atoms with E-state index in [0.29, 0.717) is 0 Å². The first-order valence-electron chi connectivity index (χ1n) is 9.17. The fraction of sp³-hybridized carbons (Fsp3) is 0.364. The quantitative estimate of drug-likeness (QED) is 0.426. The van der Waals surface area contributed by atoms with Gasteiger partial charge in [0.25, 0.3) is 0 Å². The highest BCUT2D eigenvalue weighted by Crippen LogP contribution is 2.27. The zero-order chi connectivity index (χ0) is 17.3. The molecule has 0 bridgehead atoms. The van der Waals surface area contributed by atoms with E-state index in [9.17, 15) is 0 Å². The smallest absolute Gasteiger partial charge is 0.134 e. The van der Waals surface area contributed by atoms with Crippen molar-refractivity contribution in [3.8, 4) is 5.75 Å². The Labute approximate surface area is 159 Å². The van der Waals surface area contributed by atoms with Gasteiger partial charge < -0.3 is 10.1 Å². The maximum atomic E-state index is 5.98. The summed E-state index contributed by atoms with van der Waals surface area (Å²) in [6.45, 7) is 3.22. The lowest BCUT2D eigenvalue weighted by Gasteiger charge is -2.26. The van der Waals surface area contributed by atoms with Gasteiger partial charge in [0.15, 0.2) is 0 Å². The minimum absolute atomic E-state index is 0.785. The summed E-state index contributed by atoms with van der Waals surface area (Å²) in [4.78, 5) is 0. The molecule has 0 atom stereocenters. The fourth-order valence-electron chi connectivity index (χ4n) is 2.94. The summed E-state index contributed by atoms with van der Waals surface area (Å²) in [5, 5.41) is 3.33. The van der Waals surface area contributed by atoms with Gasteiger partial charge >= 0.3 is 0 Å². The van der Waals surface area contributed by atoms with Crippen molar-refractivity contribution in [2.24, 2.45) is 5.92 Å². The summed E-state index contributed by atoms with van der Waals surface area (Å²) in [6, 6.07) is 16.6. The molecule has 0 aromatic heterocycles. The van der Waals surface area contributed by atoms with E-state index in [-0.39, 0.29) is 0 Å².